The highest BCUT2D eigenvalue weighted by atomic mass is 19.3. The lowest BCUT2D eigenvalue weighted by molar-refractivity contribution is -0.0270. The van der Waals surface area contributed by atoms with Crippen LogP contribution < -0.4 is 5.32 Å². The summed E-state index contributed by atoms with van der Waals surface area (Å²) in [5, 5.41) is 7.43. The van der Waals surface area contributed by atoms with E-state index in [1.807, 2.05) is 0 Å². The fourth-order valence-electron chi connectivity index (χ4n) is 3.20. The first-order valence-corrected chi connectivity index (χ1v) is 7.51. The van der Waals surface area contributed by atoms with Gasteiger partial charge in [0.1, 0.15) is 12.3 Å². The minimum absolute atomic E-state index is 0.00828. The maximum absolute atomic E-state index is 14.5. The molecule has 0 aromatic carbocycles. The van der Waals surface area contributed by atoms with Gasteiger partial charge in [0.15, 0.2) is 0 Å². The van der Waals surface area contributed by atoms with Crippen molar-refractivity contribution in [3.05, 3.63) is 17.0 Å². The van der Waals surface area contributed by atoms with Crippen molar-refractivity contribution in [1.82, 2.24) is 15.1 Å². The molecule has 0 amide bonds. The molecule has 0 aliphatic carbocycles. The van der Waals surface area contributed by atoms with Crippen LogP contribution in [0.2, 0.25) is 0 Å². The van der Waals surface area contributed by atoms with Crippen molar-refractivity contribution in [3.63, 3.8) is 0 Å². The standard InChI is InChI=1S/C14H19F4N3O/c15-12(16)8-22-7-9-1-3-14(17,18)13-10-5-19-4-2-11(10)20-21(13)6-9/h9,12,19H,1-8H2/t9-/m1/s1. The first kappa shape index (κ1) is 15.7. The fourth-order valence-corrected chi connectivity index (χ4v) is 3.20. The number of alkyl halides is 4. The molecule has 0 bridgehead atoms. The van der Waals surface area contributed by atoms with E-state index in [-0.39, 0.29) is 31.1 Å². The lowest BCUT2D eigenvalue weighted by Crippen LogP contribution is -2.26. The molecule has 0 radical (unpaired) electrons. The van der Waals surface area contributed by atoms with E-state index >= 15 is 0 Å². The molecular formula is C14H19F4N3O. The zero-order valence-electron chi connectivity index (χ0n) is 12.1. The van der Waals surface area contributed by atoms with Crippen molar-refractivity contribution in [3.8, 4) is 0 Å². The topological polar surface area (TPSA) is 39.1 Å². The number of halogens is 4. The van der Waals surface area contributed by atoms with E-state index in [1.54, 1.807) is 0 Å². The molecule has 0 fully saturated rings. The van der Waals surface area contributed by atoms with Crippen LogP contribution in [0.25, 0.3) is 0 Å². The van der Waals surface area contributed by atoms with Crippen LogP contribution in [0.5, 0.6) is 0 Å². The number of hydrogen-bond acceptors (Lipinski definition) is 3. The van der Waals surface area contributed by atoms with E-state index in [1.165, 1.54) is 4.68 Å². The molecule has 3 rings (SSSR count). The quantitative estimate of drug-likeness (QED) is 0.865. The number of fused-ring (bicyclic) bond motifs is 3. The van der Waals surface area contributed by atoms with Gasteiger partial charge in [0.25, 0.3) is 12.3 Å². The summed E-state index contributed by atoms with van der Waals surface area (Å²) in [5.74, 6) is -3.16. The van der Waals surface area contributed by atoms with Gasteiger partial charge in [0.05, 0.1) is 12.3 Å². The van der Waals surface area contributed by atoms with Crippen molar-refractivity contribution < 1.29 is 22.3 Å². The zero-order chi connectivity index (χ0) is 15.7. The SMILES string of the molecule is FC(F)COC[C@@H]1CCC(F)(F)c2c3c(nn2C1)CCNC3. The third-order valence-electron chi connectivity index (χ3n) is 4.22. The second kappa shape index (κ2) is 6.16. The van der Waals surface area contributed by atoms with Crippen LogP contribution >= 0.6 is 0 Å². The van der Waals surface area contributed by atoms with Crippen LogP contribution in [0.15, 0.2) is 0 Å². The Kier molecular flexibility index (Phi) is 4.40. The lowest BCUT2D eigenvalue weighted by Gasteiger charge is -2.19. The third kappa shape index (κ3) is 3.12. The van der Waals surface area contributed by atoms with E-state index in [0.717, 1.165) is 12.2 Å². The van der Waals surface area contributed by atoms with Crippen molar-refractivity contribution >= 4 is 0 Å². The normalized spacial score (nSPS) is 24.0. The molecule has 1 N–H and O–H groups in total. The summed E-state index contributed by atoms with van der Waals surface area (Å²) in [6.07, 6.45) is -1.96. The predicted molar refractivity (Wildman–Crippen MR) is 71.1 cm³/mol. The van der Waals surface area contributed by atoms with Crippen molar-refractivity contribution in [2.45, 2.75) is 44.7 Å². The maximum atomic E-state index is 14.5. The summed E-state index contributed by atoms with van der Waals surface area (Å²) in [7, 11) is 0. The van der Waals surface area contributed by atoms with Crippen LogP contribution in [0.3, 0.4) is 0 Å². The summed E-state index contributed by atoms with van der Waals surface area (Å²) >= 11 is 0. The predicted octanol–water partition coefficient (Wildman–Crippen LogP) is 2.31. The van der Waals surface area contributed by atoms with Gasteiger partial charge in [-0.15, -0.1) is 0 Å². The summed E-state index contributed by atoms with van der Waals surface area (Å²) in [6.45, 7) is 0.839. The van der Waals surface area contributed by atoms with Gasteiger partial charge in [-0.25, -0.2) is 8.78 Å². The average Bonchev–Trinajstić information content (AvgIpc) is 2.77. The molecule has 1 aromatic rings. The van der Waals surface area contributed by atoms with Crippen LogP contribution in [0.4, 0.5) is 17.6 Å². The molecule has 124 valence electrons. The number of ether oxygens (including phenoxy) is 1. The zero-order valence-corrected chi connectivity index (χ0v) is 12.1. The number of nitrogens with one attached hydrogen (secondary N) is 1. The summed E-state index contributed by atoms with van der Waals surface area (Å²) in [4.78, 5) is 0. The Labute approximate surface area is 125 Å². The summed E-state index contributed by atoms with van der Waals surface area (Å²) in [5.41, 5.74) is 1.32. The van der Waals surface area contributed by atoms with Gasteiger partial charge >= 0.3 is 0 Å². The highest BCUT2D eigenvalue weighted by molar-refractivity contribution is 5.32. The monoisotopic (exact) mass is 321 g/mol. The molecule has 1 atom stereocenters. The average molecular weight is 321 g/mol. The van der Waals surface area contributed by atoms with Gasteiger partial charge in [-0.1, -0.05) is 0 Å². The molecule has 3 heterocycles. The molecule has 1 aromatic heterocycles. The van der Waals surface area contributed by atoms with Crippen LogP contribution in [-0.4, -0.2) is 36.0 Å². The van der Waals surface area contributed by atoms with Gasteiger partial charge in [-0.3, -0.25) is 4.68 Å². The number of hydrogen-bond donors (Lipinski definition) is 1. The highest BCUT2D eigenvalue weighted by Gasteiger charge is 2.42. The maximum Gasteiger partial charge on any atom is 0.289 e. The molecule has 2 aliphatic rings. The molecule has 0 saturated heterocycles. The minimum Gasteiger partial charge on any atom is -0.375 e. The molecule has 22 heavy (non-hydrogen) atoms. The highest BCUT2D eigenvalue weighted by Crippen LogP contribution is 2.40. The van der Waals surface area contributed by atoms with Gasteiger partial charge in [0.2, 0.25) is 0 Å². The Hall–Kier alpha value is -1.15. The molecule has 2 aliphatic heterocycles. The summed E-state index contributed by atoms with van der Waals surface area (Å²) in [6, 6.07) is 0. The first-order chi connectivity index (χ1) is 10.5. The fraction of sp³-hybridized carbons (Fsp3) is 0.786. The second-order valence-corrected chi connectivity index (χ2v) is 5.92. The number of nitrogens with zero attached hydrogens (tertiary/aromatic N) is 2. The Morgan fingerprint density at radius 1 is 1.41 bits per heavy atom. The Morgan fingerprint density at radius 2 is 2.23 bits per heavy atom. The summed E-state index contributed by atoms with van der Waals surface area (Å²) < 4.78 is 59.4. The van der Waals surface area contributed by atoms with Gasteiger partial charge in [-0.05, 0) is 6.42 Å². The molecule has 8 heteroatoms. The third-order valence-corrected chi connectivity index (χ3v) is 4.22. The van der Waals surface area contributed by atoms with Crippen molar-refractivity contribution in [2.24, 2.45) is 5.92 Å². The van der Waals surface area contributed by atoms with Gasteiger partial charge in [-0.2, -0.15) is 13.9 Å². The Bertz CT molecular complexity index is 532. The van der Waals surface area contributed by atoms with Crippen LogP contribution in [0, 0.1) is 5.92 Å². The van der Waals surface area contributed by atoms with Crippen LogP contribution in [0.1, 0.15) is 29.8 Å². The second-order valence-electron chi connectivity index (χ2n) is 5.92. The number of rotatable bonds is 4. The van der Waals surface area contributed by atoms with E-state index in [9.17, 15) is 17.6 Å². The Balaban J connectivity index is 1.80. The lowest BCUT2D eigenvalue weighted by atomic mass is 9.99. The van der Waals surface area contributed by atoms with Crippen molar-refractivity contribution in [1.29, 1.82) is 0 Å². The molecule has 0 spiro atoms. The molecular weight excluding hydrogens is 302 g/mol. The largest absolute Gasteiger partial charge is 0.375 e. The molecule has 0 saturated carbocycles. The minimum atomic E-state index is -2.93. The molecule has 0 unspecified atom stereocenters. The smallest absolute Gasteiger partial charge is 0.289 e. The van der Waals surface area contributed by atoms with E-state index in [0.29, 0.717) is 25.1 Å². The first-order valence-electron chi connectivity index (χ1n) is 7.51. The van der Waals surface area contributed by atoms with Gasteiger partial charge in [0, 0.05) is 44.0 Å². The van der Waals surface area contributed by atoms with E-state index in [2.05, 4.69) is 10.4 Å². The van der Waals surface area contributed by atoms with Crippen molar-refractivity contribution in [2.75, 3.05) is 19.8 Å². The van der Waals surface area contributed by atoms with E-state index < -0.39 is 19.0 Å². The molecule has 4 nitrogen and oxygen atoms in total. The van der Waals surface area contributed by atoms with Crippen LogP contribution in [-0.2, 0) is 30.2 Å². The Morgan fingerprint density at radius 3 is 3.00 bits per heavy atom. The van der Waals surface area contributed by atoms with Gasteiger partial charge < -0.3 is 10.1 Å². The number of aromatic nitrogens is 2. The van der Waals surface area contributed by atoms with E-state index in [4.69, 9.17) is 4.74 Å².